The average molecular weight is 601 g/mol. The van der Waals surface area contributed by atoms with Crippen molar-refractivity contribution < 1.29 is 49.0 Å². The smallest absolute Gasteiger partial charge is 0.0279 e. The van der Waals surface area contributed by atoms with Crippen molar-refractivity contribution in [3.63, 3.8) is 0 Å². The van der Waals surface area contributed by atoms with Crippen LogP contribution in [0, 0.1) is 13.8 Å². The average Bonchev–Trinajstić information content (AvgIpc) is 3.46. The SMILES string of the molecule is C[CH]=[Zr+2].Cc1cc2c(-c3ccccc3)cccc2[cH-]1.Cc1cc2c(-c3ccccc3)cccc2[cH-]1.[Cl-].[Cl-]. The van der Waals surface area contributed by atoms with Gasteiger partial charge in [-0.05, 0) is 11.1 Å². The van der Waals surface area contributed by atoms with Gasteiger partial charge >= 0.3 is 34.9 Å². The number of aryl methyl sites for hydroxylation is 2. The van der Waals surface area contributed by atoms with Gasteiger partial charge in [-0.15, -0.1) is 69.1 Å². The van der Waals surface area contributed by atoms with E-state index < -0.39 is 0 Å². The molecule has 0 aliphatic heterocycles. The minimum atomic E-state index is 0. The van der Waals surface area contributed by atoms with E-state index in [0.717, 1.165) is 0 Å². The van der Waals surface area contributed by atoms with E-state index >= 15 is 0 Å². The zero-order valence-corrected chi connectivity index (χ0v) is 25.4. The zero-order valence-electron chi connectivity index (χ0n) is 21.4. The summed E-state index contributed by atoms with van der Waals surface area (Å²) in [7, 11) is 0. The molecule has 0 bridgehead atoms. The first kappa shape index (κ1) is 30.7. The van der Waals surface area contributed by atoms with Crippen molar-refractivity contribution in [1.29, 1.82) is 0 Å². The van der Waals surface area contributed by atoms with E-state index in [9.17, 15) is 0 Å². The van der Waals surface area contributed by atoms with Crippen LogP contribution in [0.2, 0.25) is 0 Å². The first-order valence-corrected chi connectivity index (χ1v) is 13.4. The van der Waals surface area contributed by atoms with Crippen molar-refractivity contribution in [2.24, 2.45) is 0 Å². The van der Waals surface area contributed by atoms with E-state index in [-0.39, 0.29) is 24.8 Å². The number of benzene rings is 4. The van der Waals surface area contributed by atoms with Crippen LogP contribution in [0.1, 0.15) is 18.1 Å². The van der Waals surface area contributed by atoms with Crippen molar-refractivity contribution in [2.75, 3.05) is 0 Å². The number of fused-ring (bicyclic) bond motifs is 2. The van der Waals surface area contributed by atoms with Gasteiger partial charge in [0.1, 0.15) is 0 Å². The van der Waals surface area contributed by atoms with Crippen LogP contribution in [0.25, 0.3) is 43.8 Å². The van der Waals surface area contributed by atoms with E-state index in [4.69, 9.17) is 0 Å². The third-order valence-corrected chi connectivity index (χ3v) is 5.96. The number of hydrogen-bond donors (Lipinski definition) is 0. The minimum Gasteiger partial charge on any atom is -1.00 e. The topological polar surface area (TPSA) is 0 Å². The molecule has 0 atom stereocenters. The summed E-state index contributed by atoms with van der Waals surface area (Å²) < 4.78 is 2.09. The van der Waals surface area contributed by atoms with Gasteiger partial charge in [-0.25, -0.2) is 0 Å². The van der Waals surface area contributed by atoms with Crippen LogP contribution in [0.3, 0.4) is 0 Å². The molecule has 0 aliphatic carbocycles. The fraction of sp³-hybridized carbons (Fsp3) is 0.0882. The summed E-state index contributed by atoms with van der Waals surface area (Å²) in [5, 5.41) is 5.37. The van der Waals surface area contributed by atoms with E-state index in [1.54, 1.807) is 0 Å². The fourth-order valence-corrected chi connectivity index (χ4v) is 4.51. The summed E-state index contributed by atoms with van der Waals surface area (Å²) in [6.45, 7) is 6.34. The molecule has 0 spiro atoms. The Kier molecular flexibility index (Phi) is 12.4. The maximum absolute atomic E-state index is 2.26. The Hall–Kier alpha value is -2.57. The molecule has 0 radical (unpaired) electrons. The summed E-state index contributed by atoms with van der Waals surface area (Å²) in [5.41, 5.74) is 7.89. The summed E-state index contributed by atoms with van der Waals surface area (Å²) in [6, 6.07) is 43.1. The second-order valence-corrected chi connectivity index (χ2v) is 10.1. The molecular formula is C34H30Cl2Zr-2. The summed E-state index contributed by atoms with van der Waals surface area (Å²) in [5.74, 6) is 0. The van der Waals surface area contributed by atoms with Crippen LogP contribution in [-0.4, -0.2) is 3.71 Å². The van der Waals surface area contributed by atoms with Gasteiger partial charge in [0.2, 0.25) is 0 Å². The van der Waals surface area contributed by atoms with Crippen LogP contribution < -0.4 is 24.8 Å². The van der Waals surface area contributed by atoms with Gasteiger partial charge < -0.3 is 24.8 Å². The molecule has 0 fully saturated rings. The monoisotopic (exact) mass is 598 g/mol. The van der Waals surface area contributed by atoms with E-state index in [1.807, 2.05) is 6.92 Å². The predicted octanol–water partition coefficient (Wildman–Crippen LogP) is 3.43. The van der Waals surface area contributed by atoms with Gasteiger partial charge in [-0.2, -0.15) is 12.1 Å². The van der Waals surface area contributed by atoms with E-state index in [2.05, 4.69) is 139 Å². The van der Waals surface area contributed by atoms with Gasteiger partial charge in [0, 0.05) is 0 Å². The molecule has 0 saturated heterocycles. The molecule has 0 amide bonds. The van der Waals surface area contributed by atoms with Gasteiger partial charge in [0.05, 0.1) is 0 Å². The normalized spacial score (nSPS) is 9.76. The van der Waals surface area contributed by atoms with Crippen molar-refractivity contribution in [3.8, 4) is 22.3 Å². The summed E-state index contributed by atoms with van der Waals surface area (Å²) >= 11 is 1.51. The minimum absolute atomic E-state index is 0. The van der Waals surface area contributed by atoms with Gasteiger partial charge in [-0.3, -0.25) is 0 Å². The Bertz CT molecular complexity index is 1410. The van der Waals surface area contributed by atoms with Crippen molar-refractivity contribution in [3.05, 3.63) is 132 Å². The molecule has 0 N–H and O–H groups in total. The summed E-state index contributed by atoms with van der Waals surface area (Å²) in [4.78, 5) is 0. The molecule has 0 aromatic heterocycles. The van der Waals surface area contributed by atoms with Gasteiger partial charge in [0.25, 0.3) is 0 Å². The third-order valence-electron chi connectivity index (χ3n) is 5.96. The second kappa shape index (κ2) is 15.0. The second-order valence-electron chi connectivity index (χ2n) is 8.70. The third kappa shape index (κ3) is 7.72. The molecule has 6 rings (SSSR count). The molecule has 0 nitrogen and oxygen atoms in total. The fourth-order valence-electron chi connectivity index (χ4n) is 4.51. The molecule has 0 aliphatic rings. The Morgan fingerprint density at radius 3 is 1.24 bits per heavy atom. The Morgan fingerprint density at radius 2 is 0.892 bits per heavy atom. The van der Waals surface area contributed by atoms with Crippen molar-refractivity contribution in [1.82, 2.24) is 0 Å². The molecule has 0 heterocycles. The van der Waals surface area contributed by atoms with E-state index in [1.165, 1.54) is 79.2 Å². The van der Waals surface area contributed by atoms with E-state index in [0.29, 0.717) is 0 Å². The maximum atomic E-state index is 2.26. The Labute approximate surface area is 248 Å². The van der Waals surface area contributed by atoms with Crippen LogP contribution >= 0.6 is 0 Å². The van der Waals surface area contributed by atoms with Gasteiger partial charge in [0.15, 0.2) is 0 Å². The molecule has 186 valence electrons. The number of rotatable bonds is 2. The standard InChI is InChI=1S/2C16H13.C2H4.2ClH.Zr/c2*1-12-10-14-8-5-9-15(16(14)11-12)13-6-3-2-4-7-13;1-2;;;/h2*2-11H,1H3;1H,2H3;2*1H;/q2*-1;;;;+2/p-2. The van der Waals surface area contributed by atoms with Crippen molar-refractivity contribution >= 4 is 25.3 Å². The first-order chi connectivity index (χ1) is 17.1. The molecule has 6 aromatic rings. The number of hydrogen-bond acceptors (Lipinski definition) is 0. The molecule has 6 aromatic carbocycles. The predicted molar refractivity (Wildman–Crippen MR) is 151 cm³/mol. The molecule has 37 heavy (non-hydrogen) atoms. The first-order valence-electron chi connectivity index (χ1n) is 12.0. The maximum Gasteiger partial charge on any atom is -0.0279 e. The largest absolute Gasteiger partial charge is 1.00 e. The number of halogens is 2. The van der Waals surface area contributed by atoms with Gasteiger partial charge in [-0.1, -0.05) is 97.8 Å². The van der Waals surface area contributed by atoms with Crippen LogP contribution in [-0.2, 0) is 24.2 Å². The molecule has 0 unspecified atom stereocenters. The summed E-state index contributed by atoms with van der Waals surface area (Å²) in [6.07, 6.45) is 0. The molecular weight excluding hydrogens is 571 g/mol. The molecule has 0 saturated carbocycles. The van der Waals surface area contributed by atoms with Crippen LogP contribution in [0.5, 0.6) is 0 Å². The molecule has 3 heteroatoms. The van der Waals surface area contributed by atoms with Crippen molar-refractivity contribution in [2.45, 2.75) is 20.8 Å². The zero-order chi connectivity index (χ0) is 24.6. The van der Waals surface area contributed by atoms with Crippen LogP contribution in [0.4, 0.5) is 0 Å². The Balaban J connectivity index is 0.000000225. The quantitative estimate of drug-likeness (QED) is 0.268. The van der Waals surface area contributed by atoms with Crippen LogP contribution in [0.15, 0.2) is 121 Å². The Morgan fingerprint density at radius 1 is 0.541 bits per heavy atom.